The van der Waals surface area contributed by atoms with Crippen molar-refractivity contribution in [3.63, 3.8) is 0 Å². The van der Waals surface area contributed by atoms with Crippen molar-refractivity contribution in [1.29, 1.82) is 0 Å². The number of nitrogens with zero attached hydrogens (tertiary/aromatic N) is 3. The Morgan fingerprint density at radius 2 is 2.21 bits per heavy atom. The number of aryl methyl sites for hydroxylation is 1. The molecule has 1 aliphatic carbocycles. The second-order valence-electron chi connectivity index (χ2n) is 6.31. The number of hydrogen-bond donors (Lipinski definition) is 1. The van der Waals surface area contributed by atoms with Crippen molar-refractivity contribution in [2.45, 2.75) is 32.6 Å². The zero-order valence-electron chi connectivity index (χ0n) is 13.4. The predicted octanol–water partition coefficient (Wildman–Crippen LogP) is 1.86. The highest BCUT2D eigenvalue weighted by atomic mass is 16.5. The Bertz CT molecular complexity index is 810. The van der Waals surface area contributed by atoms with Crippen LogP contribution < -0.4 is 10.2 Å². The highest BCUT2D eigenvalue weighted by molar-refractivity contribution is 5.99. The van der Waals surface area contributed by atoms with Crippen molar-refractivity contribution >= 4 is 23.2 Å². The number of hydrogen-bond acceptors (Lipinski definition) is 5. The van der Waals surface area contributed by atoms with Crippen LogP contribution in [0, 0.1) is 12.8 Å². The van der Waals surface area contributed by atoms with Crippen molar-refractivity contribution < 1.29 is 14.1 Å². The second-order valence-corrected chi connectivity index (χ2v) is 6.31. The van der Waals surface area contributed by atoms with E-state index < -0.39 is 0 Å². The van der Waals surface area contributed by atoms with E-state index in [1.807, 2.05) is 23.1 Å². The van der Waals surface area contributed by atoms with Crippen molar-refractivity contribution in [2.75, 3.05) is 16.8 Å². The maximum Gasteiger partial charge on any atom is 0.232 e. The lowest BCUT2D eigenvalue weighted by atomic mass is 10.1. The molecule has 0 saturated heterocycles. The topological polar surface area (TPSA) is 88.3 Å². The smallest absolute Gasteiger partial charge is 0.232 e. The molecular weight excluding hydrogens is 308 g/mol. The molecule has 0 unspecified atom stereocenters. The molecule has 0 bridgehead atoms. The van der Waals surface area contributed by atoms with Crippen LogP contribution in [0.2, 0.25) is 0 Å². The van der Waals surface area contributed by atoms with Crippen LogP contribution in [0.4, 0.5) is 11.4 Å². The lowest BCUT2D eigenvalue weighted by Crippen LogP contribution is -2.30. The molecule has 1 aromatic carbocycles. The third kappa shape index (κ3) is 2.89. The Labute approximate surface area is 139 Å². The molecule has 24 heavy (non-hydrogen) atoms. The average molecular weight is 326 g/mol. The van der Waals surface area contributed by atoms with Crippen LogP contribution in [-0.2, 0) is 22.4 Å². The molecule has 7 heteroatoms. The Morgan fingerprint density at radius 3 is 2.92 bits per heavy atom. The lowest BCUT2D eigenvalue weighted by molar-refractivity contribution is -0.119. The van der Waals surface area contributed by atoms with Gasteiger partial charge in [0.05, 0.1) is 6.42 Å². The van der Waals surface area contributed by atoms with Crippen LogP contribution >= 0.6 is 0 Å². The summed E-state index contributed by atoms with van der Waals surface area (Å²) in [7, 11) is 0. The fourth-order valence-corrected chi connectivity index (χ4v) is 3.02. The molecule has 0 radical (unpaired) electrons. The molecule has 4 rings (SSSR count). The second kappa shape index (κ2) is 5.74. The van der Waals surface area contributed by atoms with Gasteiger partial charge in [-0.25, -0.2) is 0 Å². The number of nitrogens with one attached hydrogen (secondary N) is 1. The van der Waals surface area contributed by atoms with Gasteiger partial charge in [0.2, 0.25) is 17.7 Å². The summed E-state index contributed by atoms with van der Waals surface area (Å²) in [4.78, 5) is 30.2. The van der Waals surface area contributed by atoms with E-state index >= 15 is 0 Å². The lowest BCUT2D eigenvalue weighted by Gasteiger charge is -2.17. The summed E-state index contributed by atoms with van der Waals surface area (Å²) in [5.74, 6) is 1.06. The summed E-state index contributed by atoms with van der Waals surface area (Å²) in [6, 6.07) is 5.68. The molecule has 2 heterocycles. The number of carbonyl (C=O) groups excluding carboxylic acids is 2. The number of rotatable bonds is 4. The van der Waals surface area contributed by atoms with Gasteiger partial charge in [-0.2, -0.15) is 4.98 Å². The number of aromatic nitrogens is 2. The van der Waals surface area contributed by atoms with Gasteiger partial charge in [0, 0.05) is 30.8 Å². The van der Waals surface area contributed by atoms with E-state index in [9.17, 15) is 9.59 Å². The third-order valence-electron chi connectivity index (χ3n) is 4.34. The molecule has 1 aromatic heterocycles. The summed E-state index contributed by atoms with van der Waals surface area (Å²) in [5.41, 5.74) is 2.79. The first-order valence-corrected chi connectivity index (χ1v) is 8.13. The first-order chi connectivity index (χ1) is 11.6. The number of carbonyl (C=O) groups is 2. The van der Waals surface area contributed by atoms with Crippen LogP contribution in [0.3, 0.4) is 0 Å². The third-order valence-corrected chi connectivity index (χ3v) is 4.34. The van der Waals surface area contributed by atoms with E-state index in [0.717, 1.165) is 42.7 Å². The Balaban J connectivity index is 1.44. The number of anilines is 2. The van der Waals surface area contributed by atoms with Crippen molar-refractivity contribution in [1.82, 2.24) is 10.1 Å². The SMILES string of the molecule is Cc1nc(CC(=O)Nc2ccc3c(c2)CCN3C(=O)C2CC2)no1. The zero-order valence-corrected chi connectivity index (χ0v) is 13.4. The monoisotopic (exact) mass is 326 g/mol. The van der Waals surface area contributed by atoms with Crippen LogP contribution in [0.1, 0.15) is 30.1 Å². The average Bonchev–Trinajstić information content (AvgIpc) is 3.20. The van der Waals surface area contributed by atoms with E-state index in [-0.39, 0.29) is 24.2 Å². The maximum atomic E-state index is 12.3. The molecule has 0 spiro atoms. The maximum absolute atomic E-state index is 12.3. The van der Waals surface area contributed by atoms with Gasteiger partial charge in [0.15, 0.2) is 5.82 Å². The summed E-state index contributed by atoms with van der Waals surface area (Å²) in [5, 5.41) is 6.56. The molecule has 7 nitrogen and oxygen atoms in total. The fourth-order valence-electron chi connectivity index (χ4n) is 3.02. The van der Waals surface area contributed by atoms with Crippen molar-refractivity contribution in [2.24, 2.45) is 5.92 Å². The molecule has 1 N–H and O–H groups in total. The summed E-state index contributed by atoms with van der Waals surface area (Å²) in [6.45, 7) is 2.41. The molecular formula is C17H18N4O3. The zero-order chi connectivity index (χ0) is 16.7. The molecule has 1 aliphatic heterocycles. The number of benzene rings is 1. The van der Waals surface area contributed by atoms with Crippen molar-refractivity contribution in [3.05, 3.63) is 35.5 Å². The number of amides is 2. The largest absolute Gasteiger partial charge is 0.340 e. The predicted molar refractivity (Wildman–Crippen MR) is 86.6 cm³/mol. The molecule has 1 saturated carbocycles. The Morgan fingerprint density at radius 1 is 1.38 bits per heavy atom. The molecule has 2 amide bonds. The first-order valence-electron chi connectivity index (χ1n) is 8.13. The quantitative estimate of drug-likeness (QED) is 0.926. The highest BCUT2D eigenvalue weighted by Gasteiger charge is 2.36. The van der Waals surface area contributed by atoms with Gasteiger partial charge in [-0.1, -0.05) is 5.16 Å². The van der Waals surface area contributed by atoms with E-state index in [0.29, 0.717) is 11.7 Å². The minimum atomic E-state index is -0.195. The van der Waals surface area contributed by atoms with Crippen LogP contribution in [0.25, 0.3) is 0 Å². The molecule has 2 aromatic rings. The van der Waals surface area contributed by atoms with Gasteiger partial charge in [-0.05, 0) is 43.0 Å². The first kappa shape index (κ1) is 14.9. The number of fused-ring (bicyclic) bond motifs is 1. The Kier molecular flexibility index (Phi) is 3.55. The summed E-state index contributed by atoms with van der Waals surface area (Å²) < 4.78 is 4.86. The van der Waals surface area contributed by atoms with Crippen LogP contribution in [0.5, 0.6) is 0 Å². The van der Waals surface area contributed by atoms with Crippen LogP contribution in [-0.4, -0.2) is 28.5 Å². The molecule has 0 atom stereocenters. The van der Waals surface area contributed by atoms with Gasteiger partial charge in [-0.3, -0.25) is 9.59 Å². The van der Waals surface area contributed by atoms with E-state index in [4.69, 9.17) is 4.52 Å². The van der Waals surface area contributed by atoms with Gasteiger partial charge < -0.3 is 14.7 Å². The van der Waals surface area contributed by atoms with Gasteiger partial charge in [0.25, 0.3) is 0 Å². The highest BCUT2D eigenvalue weighted by Crippen LogP contribution is 2.37. The minimum absolute atomic E-state index is 0.0702. The van der Waals surface area contributed by atoms with Gasteiger partial charge in [0.1, 0.15) is 0 Å². The van der Waals surface area contributed by atoms with E-state index in [2.05, 4.69) is 15.5 Å². The molecule has 124 valence electrons. The molecule has 1 fully saturated rings. The van der Waals surface area contributed by atoms with E-state index in [1.165, 1.54) is 0 Å². The molecule has 2 aliphatic rings. The van der Waals surface area contributed by atoms with Crippen LogP contribution in [0.15, 0.2) is 22.7 Å². The normalized spacial score (nSPS) is 16.1. The fraction of sp³-hybridized carbons (Fsp3) is 0.412. The summed E-state index contributed by atoms with van der Waals surface area (Å²) in [6.07, 6.45) is 2.91. The van der Waals surface area contributed by atoms with Gasteiger partial charge >= 0.3 is 0 Å². The van der Waals surface area contributed by atoms with Crippen molar-refractivity contribution in [3.8, 4) is 0 Å². The van der Waals surface area contributed by atoms with E-state index in [1.54, 1.807) is 6.92 Å². The minimum Gasteiger partial charge on any atom is -0.340 e. The Hall–Kier alpha value is -2.70. The summed E-state index contributed by atoms with van der Waals surface area (Å²) >= 11 is 0. The standard InChI is InChI=1S/C17H18N4O3/c1-10-18-15(20-24-10)9-16(22)19-13-4-5-14-12(8-13)6-7-21(14)17(23)11-2-3-11/h4-5,8,11H,2-3,6-7,9H2,1H3,(H,19,22). The van der Waals surface area contributed by atoms with Gasteiger partial charge in [-0.15, -0.1) is 0 Å².